The van der Waals surface area contributed by atoms with Crippen molar-refractivity contribution in [2.45, 2.75) is 76.8 Å². The van der Waals surface area contributed by atoms with Crippen LogP contribution in [-0.4, -0.2) is 50.5 Å². The highest BCUT2D eigenvalue weighted by Crippen LogP contribution is 2.60. The molecule has 0 radical (unpaired) electrons. The highest BCUT2D eigenvalue weighted by atomic mass is 35.5. The maximum Gasteiger partial charge on any atom is 0.244 e. The highest BCUT2D eigenvalue weighted by Gasteiger charge is 2.51. The normalized spacial score (nSPS) is 25.5. The molecule has 4 saturated carbocycles. The van der Waals surface area contributed by atoms with Crippen LogP contribution in [0, 0.1) is 17.8 Å². The molecule has 4 aliphatic carbocycles. The molecule has 0 spiro atoms. The number of sulfonamides is 1. The average Bonchev–Trinajstić information content (AvgIpc) is 2.92. The van der Waals surface area contributed by atoms with Gasteiger partial charge in [0.25, 0.3) is 0 Å². The van der Waals surface area contributed by atoms with Crippen LogP contribution in [0.1, 0.15) is 69.9 Å². The number of nitrogens with one attached hydrogen (secondary N) is 1. The summed E-state index contributed by atoms with van der Waals surface area (Å²) in [5.41, 5.74) is 2.76. The smallest absolute Gasteiger partial charge is 0.244 e. The molecule has 1 N–H and O–H groups in total. The predicted molar refractivity (Wildman–Crippen MR) is 163 cm³/mol. The summed E-state index contributed by atoms with van der Waals surface area (Å²) < 4.78 is 27.2. The fraction of sp³-hybridized carbons (Fsp3) is 0.562. The van der Waals surface area contributed by atoms with Gasteiger partial charge < -0.3 is 10.2 Å². The third-order valence-electron chi connectivity index (χ3n) is 9.47. The van der Waals surface area contributed by atoms with Crippen molar-refractivity contribution in [2.75, 3.05) is 23.7 Å². The summed E-state index contributed by atoms with van der Waals surface area (Å²) in [6, 6.07) is 14.1. The lowest BCUT2D eigenvalue weighted by Gasteiger charge is -2.57. The van der Waals surface area contributed by atoms with Crippen molar-refractivity contribution in [2.24, 2.45) is 17.8 Å². The molecule has 41 heavy (non-hydrogen) atoms. The zero-order chi connectivity index (χ0) is 29.4. The molecule has 7 nitrogen and oxygen atoms in total. The zero-order valence-corrected chi connectivity index (χ0v) is 25.9. The fourth-order valence-corrected chi connectivity index (χ4v) is 8.80. The first-order valence-electron chi connectivity index (χ1n) is 14.9. The molecule has 0 saturated heterocycles. The monoisotopic (exact) mass is 599 g/mol. The summed E-state index contributed by atoms with van der Waals surface area (Å²) >= 11 is 6.05. The number of halogens is 1. The summed E-state index contributed by atoms with van der Waals surface area (Å²) in [4.78, 5) is 28.1. The second-order valence-corrected chi connectivity index (χ2v) is 15.0. The quantitative estimate of drug-likeness (QED) is 0.369. The first kappa shape index (κ1) is 29.9. The second kappa shape index (κ2) is 12.0. The number of anilines is 1. The highest BCUT2D eigenvalue weighted by molar-refractivity contribution is 7.92. The van der Waals surface area contributed by atoms with Crippen molar-refractivity contribution in [3.63, 3.8) is 0 Å². The van der Waals surface area contributed by atoms with E-state index in [0.29, 0.717) is 17.3 Å². The van der Waals surface area contributed by atoms with Gasteiger partial charge >= 0.3 is 0 Å². The molecule has 222 valence electrons. The van der Waals surface area contributed by atoms with E-state index in [1.165, 1.54) is 49.0 Å². The van der Waals surface area contributed by atoms with E-state index in [1.807, 2.05) is 19.1 Å². The van der Waals surface area contributed by atoms with E-state index < -0.39 is 28.5 Å². The molecular weight excluding hydrogens is 558 g/mol. The number of nitrogens with zero attached hydrogens (tertiary/aromatic N) is 2. The van der Waals surface area contributed by atoms with E-state index >= 15 is 0 Å². The minimum atomic E-state index is -3.78. The number of carbonyl (C=O) groups is 2. The van der Waals surface area contributed by atoms with Crippen molar-refractivity contribution in [3.05, 3.63) is 64.7 Å². The molecule has 0 heterocycles. The van der Waals surface area contributed by atoms with Gasteiger partial charge in [0.05, 0.1) is 11.9 Å². The largest absolute Gasteiger partial charge is 0.354 e. The Labute approximate surface area is 249 Å². The average molecular weight is 600 g/mol. The van der Waals surface area contributed by atoms with Crippen molar-refractivity contribution in [1.82, 2.24) is 10.2 Å². The van der Waals surface area contributed by atoms with Gasteiger partial charge in [0, 0.05) is 18.1 Å². The van der Waals surface area contributed by atoms with Gasteiger partial charge in [0.2, 0.25) is 21.8 Å². The van der Waals surface area contributed by atoms with Gasteiger partial charge in [-0.05, 0) is 110 Å². The Morgan fingerprint density at radius 3 is 2.05 bits per heavy atom. The molecule has 4 bridgehead atoms. The van der Waals surface area contributed by atoms with Crippen molar-refractivity contribution in [1.29, 1.82) is 0 Å². The van der Waals surface area contributed by atoms with Crippen LogP contribution in [-0.2, 0) is 31.6 Å². The zero-order valence-electron chi connectivity index (χ0n) is 24.3. The van der Waals surface area contributed by atoms with Gasteiger partial charge in [-0.3, -0.25) is 13.9 Å². The van der Waals surface area contributed by atoms with Gasteiger partial charge in [0.15, 0.2) is 0 Å². The molecule has 0 aliphatic heterocycles. The van der Waals surface area contributed by atoms with Crippen LogP contribution in [0.5, 0.6) is 0 Å². The Morgan fingerprint density at radius 1 is 0.976 bits per heavy atom. The van der Waals surface area contributed by atoms with Crippen LogP contribution in [0.15, 0.2) is 48.5 Å². The van der Waals surface area contributed by atoms with Crippen LogP contribution in [0.4, 0.5) is 5.69 Å². The van der Waals surface area contributed by atoms with E-state index in [4.69, 9.17) is 11.6 Å². The molecule has 6 rings (SSSR count). The number of hydrogen-bond acceptors (Lipinski definition) is 4. The van der Waals surface area contributed by atoms with E-state index in [0.717, 1.165) is 40.3 Å². The molecule has 1 atom stereocenters. The predicted octanol–water partition coefficient (Wildman–Crippen LogP) is 5.52. The maximum absolute atomic E-state index is 13.8. The summed E-state index contributed by atoms with van der Waals surface area (Å²) in [6.07, 6.45) is 9.66. The van der Waals surface area contributed by atoms with E-state index in [-0.39, 0.29) is 17.9 Å². The van der Waals surface area contributed by atoms with E-state index in [2.05, 4.69) is 17.4 Å². The van der Waals surface area contributed by atoms with E-state index in [9.17, 15) is 18.0 Å². The van der Waals surface area contributed by atoms with Crippen molar-refractivity contribution >= 4 is 39.1 Å². The lowest BCUT2D eigenvalue weighted by molar-refractivity contribution is -0.139. The molecule has 0 aromatic heterocycles. The minimum absolute atomic E-state index is 0.152. The Bertz CT molecular complexity index is 1330. The Morgan fingerprint density at radius 2 is 1.54 bits per heavy atom. The van der Waals surface area contributed by atoms with Crippen LogP contribution in [0.25, 0.3) is 0 Å². The number of hydrogen-bond donors (Lipinski definition) is 1. The Kier molecular flexibility index (Phi) is 8.72. The summed E-state index contributed by atoms with van der Waals surface area (Å²) in [5, 5.41) is 3.42. The Hall–Kier alpha value is -2.58. The standard InChI is InChI=1S/C32H42ClN3O4S/c1-4-13-34-31(38)22(2)35(20-23-5-9-28(33)10-6-23)30(37)21-36(41(3,39)40)29-11-7-27(8-12-29)32-17-24-14-25(18-32)16-26(15-24)19-32/h5-12,22,24-26H,4,13-21H2,1-3H3,(H,34,38)/t22-,24?,25?,26?,32?/m0/s1. The molecule has 4 aliphatic rings. The van der Waals surface area contributed by atoms with Crippen LogP contribution < -0.4 is 9.62 Å². The number of rotatable bonds is 11. The molecule has 4 fully saturated rings. The van der Waals surface area contributed by atoms with Gasteiger partial charge in [-0.1, -0.05) is 42.8 Å². The fourth-order valence-electron chi connectivity index (χ4n) is 7.82. The van der Waals surface area contributed by atoms with Crippen LogP contribution in [0.2, 0.25) is 5.02 Å². The molecule has 2 aromatic carbocycles. The SMILES string of the molecule is CCCNC(=O)[C@H](C)N(Cc1ccc(Cl)cc1)C(=O)CN(c1ccc(C23CC4CC(CC(C4)C2)C3)cc1)S(C)(=O)=O. The molecule has 2 aromatic rings. The summed E-state index contributed by atoms with van der Waals surface area (Å²) in [7, 11) is -3.78. The summed E-state index contributed by atoms with van der Waals surface area (Å²) in [5.74, 6) is 1.72. The number of benzene rings is 2. The molecule has 9 heteroatoms. The number of amides is 2. The molecular formula is C32H42ClN3O4S. The van der Waals surface area contributed by atoms with Crippen LogP contribution >= 0.6 is 11.6 Å². The second-order valence-electron chi connectivity index (χ2n) is 12.6. The van der Waals surface area contributed by atoms with Crippen molar-refractivity contribution < 1.29 is 18.0 Å². The molecule has 0 unspecified atom stereocenters. The van der Waals surface area contributed by atoms with Crippen molar-refractivity contribution in [3.8, 4) is 0 Å². The maximum atomic E-state index is 13.8. The lowest BCUT2D eigenvalue weighted by Crippen LogP contribution is -2.51. The first-order valence-corrected chi connectivity index (χ1v) is 17.1. The van der Waals surface area contributed by atoms with Gasteiger partial charge in [0.1, 0.15) is 12.6 Å². The summed E-state index contributed by atoms with van der Waals surface area (Å²) in [6.45, 7) is 3.88. The molecule has 2 amide bonds. The lowest BCUT2D eigenvalue weighted by atomic mass is 9.48. The Balaban J connectivity index is 1.37. The third kappa shape index (κ3) is 6.59. The topological polar surface area (TPSA) is 86.8 Å². The van der Waals surface area contributed by atoms with E-state index in [1.54, 1.807) is 31.2 Å². The number of carbonyl (C=O) groups excluding carboxylic acids is 2. The third-order valence-corrected chi connectivity index (χ3v) is 10.9. The van der Waals surface area contributed by atoms with Gasteiger partial charge in [-0.2, -0.15) is 0 Å². The first-order chi connectivity index (χ1) is 19.5. The van der Waals surface area contributed by atoms with Gasteiger partial charge in [-0.15, -0.1) is 0 Å². The van der Waals surface area contributed by atoms with Gasteiger partial charge in [-0.25, -0.2) is 8.42 Å². The van der Waals surface area contributed by atoms with Crippen LogP contribution in [0.3, 0.4) is 0 Å². The minimum Gasteiger partial charge on any atom is -0.354 e.